The highest BCUT2D eigenvalue weighted by Gasteiger charge is 2.42. The van der Waals surface area contributed by atoms with Gasteiger partial charge in [0.05, 0.1) is 13.0 Å². The summed E-state index contributed by atoms with van der Waals surface area (Å²) in [6.45, 7) is 8.15. The van der Waals surface area contributed by atoms with E-state index in [9.17, 15) is 4.79 Å². The van der Waals surface area contributed by atoms with Crippen molar-refractivity contribution >= 4 is 5.91 Å². The molecule has 0 radical (unpaired) electrons. The van der Waals surface area contributed by atoms with Crippen molar-refractivity contribution in [3.63, 3.8) is 0 Å². The summed E-state index contributed by atoms with van der Waals surface area (Å²) in [5.41, 5.74) is 0.196. The molecule has 0 aromatic rings. The van der Waals surface area contributed by atoms with Crippen LogP contribution in [-0.2, 0) is 4.79 Å². The molecule has 1 atom stereocenters. The summed E-state index contributed by atoms with van der Waals surface area (Å²) in [4.78, 5) is 14.0. The molecule has 1 aliphatic heterocycles. The molecule has 1 amide bonds. The monoisotopic (exact) mass is 598 g/mol. The van der Waals surface area contributed by atoms with Gasteiger partial charge in [-0.3, -0.25) is 4.90 Å². The van der Waals surface area contributed by atoms with Crippen molar-refractivity contribution in [3.8, 4) is 0 Å². The first kappa shape index (κ1) is 40.9. The maximum atomic E-state index is 12.7. The molecule has 1 aliphatic rings. The van der Waals surface area contributed by atoms with Gasteiger partial charge in [-0.15, -0.1) is 0 Å². The van der Waals surface area contributed by atoms with Gasteiger partial charge in [-0.1, -0.05) is 181 Å². The first-order chi connectivity index (χ1) is 19.6. The summed E-state index contributed by atoms with van der Waals surface area (Å²) < 4.78 is 0. The average molecular weight is 598 g/mol. The van der Waals surface area contributed by atoms with E-state index in [1.54, 1.807) is 0 Å². The van der Waals surface area contributed by atoms with Gasteiger partial charge in [0.1, 0.15) is 5.54 Å². The number of unbranched alkanes of at least 4 members (excludes halogenated alkanes) is 26. The lowest BCUT2D eigenvalue weighted by Gasteiger charge is -2.34. The Kier molecular flexibility index (Phi) is 29.9. The van der Waals surface area contributed by atoms with Crippen LogP contribution in [-0.4, -0.2) is 18.0 Å². The van der Waals surface area contributed by atoms with Gasteiger partial charge in [0.2, 0.25) is 0 Å². The Morgan fingerprint density at radius 2 is 0.756 bits per heavy atom. The lowest BCUT2D eigenvalue weighted by Crippen LogP contribution is -3.20. The fraction of sp³-hybridized carbons (Fsp3) is 0.974. The van der Waals surface area contributed by atoms with E-state index >= 15 is 0 Å². The molecule has 0 aromatic carbocycles. The number of halogens is 1. The molecule has 0 spiro atoms. The van der Waals surface area contributed by atoms with Crippen molar-refractivity contribution in [3.05, 3.63) is 0 Å². The molecule has 3 heteroatoms. The van der Waals surface area contributed by atoms with E-state index in [1.165, 1.54) is 198 Å². The topological polar surface area (TPSA) is 21.5 Å². The summed E-state index contributed by atoms with van der Waals surface area (Å²) in [7, 11) is 0. The number of hydrogen-bond acceptors (Lipinski definition) is 1. The molecule has 1 rings (SSSR count). The second-order valence-corrected chi connectivity index (χ2v) is 14.0. The largest absolute Gasteiger partial charge is 1.00 e. The number of amides is 1. The van der Waals surface area contributed by atoms with E-state index in [4.69, 9.17) is 0 Å². The minimum atomic E-state index is 0. The van der Waals surface area contributed by atoms with Gasteiger partial charge in [0.15, 0.2) is 0 Å². The Morgan fingerprint density at radius 3 is 1.00 bits per heavy atom. The number of hydrogen-bond donors (Lipinski definition) is 1. The fourth-order valence-corrected chi connectivity index (χ4v) is 7.20. The molecule has 0 bridgehead atoms. The van der Waals surface area contributed by atoms with E-state index < -0.39 is 0 Å². The smallest absolute Gasteiger partial charge is 0.312 e. The summed E-state index contributed by atoms with van der Waals surface area (Å²) in [5.74, 6) is 0.512. The third kappa shape index (κ3) is 23.0. The van der Waals surface area contributed by atoms with Crippen molar-refractivity contribution in [1.82, 2.24) is 0 Å². The summed E-state index contributed by atoms with van der Waals surface area (Å²) in [5, 5.41) is 0. The van der Waals surface area contributed by atoms with Crippen molar-refractivity contribution in [2.24, 2.45) is 0 Å². The van der Waals surface area contributed by atoms with Crippen LogP contribution in [0.4, 0.5) is 0 Å². The molecule has 1 saturated heterocycles. The zero-order valence-electron chi connectivity index (χ0n) is 28.6. The Balaban J connectivity index is 0.0000160. The van der Waals surface area contributed by atoms with Crippen LogP contribution in [0.5, 0.6) is 0 Å². The number of quaternary nitrogens is 1. The maximum Gasteiger partial charge on any atom is 0.312 e. The van der Waals surface area contributed by atoms with Gasteiger partial charge in [-0.05, 0) is 19.8 Å². The number of carbonyl (C=O) groups excluding carboxylic acids is 1. The standard InChI is InChI=1S/C38H75NO.ClH/c1-4-6-8-10-12-14-16-18-20-22-24-26-28-30-34-38(3,39-36-32-33-37(39)40)35-31-29-27-25-23-21-19-17-15-13-11-9-7-5-2;/h4-36H2,1-3H3;1H. The number of likely N-dealkylation sites (tertiary alicyclic amines) is 1. The summed E-state index contributed by atoms with van der Waals surface area (Å²) in [6.07, 6.45) is 44.2. The third-order valence-electron chi connectivity index (χ3n) is 10.1. The zero-order valence-corrected chi connectivity index (χ0v) is 29.4. The highest BCUT2D eigenvalue weighted by molar-refractivity contribution is 5.68. The Hall–Kier alpha value is -0.0800. The highest BCUT2D eigenvalue weighted by atomic mass is 35.5. The Morgan fingerprint density at radius 1 is 0.488 bits per heavy atom. The predicted molar refractivity (Wildman–Crippen MR) is 178 cm³/mol. The molecule has 1 heterocycles. The molecule has 1 fully saturated rings. The van der Waals surface area contributed by atoms with Crippen LogP contribution in [0.25, 0.3) is 0 Å². The van der Waals surface area contributed by atoms with E-state index in [-0.39, 0.29) is 17.9 Å². The fourth-order valence-electron chi connectivity index (χ4n) is 7.20. The van der Waals surface area contributed by atoms with Gasteiger partial charge < -0.3 is 12.4 Å². The van der Waals surface area contributed by atoms with Crippen molar-refractivity contribution < 1.29 is 22.1 Å². The van der Waals surface area contributed by atoms with Crippen molar-refractivity contribution in [2.75, 3.05) is 6.54 Å². The van der Waals surface area contributed by atoms with Gasteiger partial charge in [-0.2, -0.15) is 0 Å². The van der Waals surface area contributed by atoms with Gasteiger partial charge >= 0.3 is 5.91 Å². The molecule has 1 N–H and O–H groups in total. The van der Waals surface area contributed by atoms with E-state index in [2.05, 4.69) is 20.8 Å². The molecular weight excluding hydrogens is 522 g/mol. The molecule has 1 unspecified atom stereocenters. The first-order valence-corrected chi connectivity index (χ1v) is 19.0. The summed E-state index contributed by atoms with van der Waals surface area (Å²) in [6, 6.07) is 0. The second kappa shape index (κ2) is 30.0. The maximum absolute atomic E-state index is 12.7. The zero-order chi connectivity index (χ0) is 29.0. The normalized spacial score (nSPS) is 15.5. The van der Waals surface area contributed by atoms with Crippen molar-refractivity contribution in [1.29, 1.82) is 0 Å². The van der Waals surface area contributed by atoms with Crippen LogP contribution in [0.3, 0.4) is 0 Å². The van der Waals surface area contributed by atoms with Crippen LogP contribution < -0.4 is 17.3 Å². The van der Waals surface area contributed by atoms with Crippen LogP contribution in [0.1, 0.15) is 226 Å². The molecule has 0 aromatic heterocycles. The SMILES string of the molecule is CCCCCCCCCCCCCCCCC(C)(CCCCCCCCCCCCCCCC)[NH+]1CCCC1=O.[Cl-]. The quantitative estimate of drug-likeness (QED) is 0.0793. The van der Waals surface area contributed by atoms with Gasteiger partial charge in [-0.25, -0.2) is 4.79 Å². The number of rotatable bonds is 31. The van der Waals surface area contributed by atoms with E-state index in [0.717, 1.165) is 19.4 Å². The minimum Gasteiger partial charge on any atom is -1.00 e. The predicted octanol–water partition coefficient (Wildman–Crippen LogP) is 8.70. The highest BCUT2D eigenvalue weighted by Crippen LogP contribution is 2.23. The number of nitrogens with one attached hydrogen (secondary N) is 1. The second-order valence-electron chi connectivity index (χ2n) is 14.0. The third-order valence-corrected chi connectivity index (χ3v) is 10.1. The molecule has 2 nitrogen and oxygen atoms in total. The van der Waals surface area contributed by atoms with Crippen LogP contribution in [0, 0.1) is 0 Å². The van der Waals surface area contributed by atoms with E-state index in [1.807, 2.05) is 0 Å². The molecule has 0 aliphatic carbocycles. The van der Waals surface area contributed by atoms with Crippen LogP contribution in [0.2, 0.25) is 0 Å². The Bertz CT molecular complexity index is 518. The molecule has 41 heavy (non-hydrogen) atoms. The van der Waals surface area contributed by atoms with E-state index in [0.29, 0.717) is 5.91 Å². The molecule has 0 saturated carbocycles. The summed E-state index contributed by atoms with van der Waals surface area (Å²) >= 11 is 0. The van der Waals surface area contributed by atoms with Crippen LogP contribution >= 0.6 is 0 Å². The van der Waals surface area contributed by atoms with Crippen molar-refractivity contribution in [2.45, 2.75) is 232 Å². The molecule has 246 valence electrons. The Labute approximate surface area is 265 Å². The first-order valence-electron chi connectivity index (χ1n) is 19.0. The van der Waals surface area contributed by atoms with Gasteiger partial charge in [0.25, 0.3) is 0 Å². The lowest BCUT2D eigenvalue weighted by molar-refractivity contribution is -0.869. The van der Waals surface area contributed by atoms with Gasteiger partial charge in [0, 0.05) is 19.3 Å². The molecular formula is C38H76ClNO. The average Bonchev–Trinajstić information content (AvgIpc) is 3.40. The minimum absolute atomic E-state index is 0. The van der Waals surface area contributed by atoms with Crippen LogP contribution in [0.15, 0.2) is 0 Å². The number of carbonyl (C=O) groups is 1. The lowest BCUT2D eigenvalue weighted by atomic mass is 9.86.